The highest BCUT2D eigenvalue weighted by Gasteiger charge is 2.71. The molecule has 1 saturated heterocycles. The van der Waals surface area contributed by atoms with Gasteiger partial charge in [0, 0.05) is 30.1 Å². The van der Waals surface area contributed by atoms with Crippen LogP contribution in [0.4, 0.5) is 14.6 Å². The molecule has 3 heterocycles. The van der Waals surface area contributed by atoms with Crippen LogP contribution >= 0.6 is 11.3 Å². The number of carbonyl (C=O) groups excluding carboxylic acids is 1. The van der Waals surface area contributed by atoms with Crippen molar-refractivity contribution in [1.29, 1.82) is 0 Å². The molecule has 1 aliphatic carbocycles. The Balaban J connectivity index is 1.47. The zero-order valence-corrected chi connectivity index (χ0v) is 16.2. The number of pyridine rings is 1. The summed E-state index contributed by atoms with van der Waals surface area (Å²) in [7, 11) is 0. The van der Waals surface area contributed by atoms with Gasteiger partial charge in [0.15, 0.2) is 0 Å². The van der Waals surface area contributed by atoms with Gasteiger partial charge in [0.05, 0.1) is 18.4 Å². The zero-order chi connectivity index (χ0) is 19.2. The van der Waals surface area contributed by atoms with Crippen molar-refractivity contribution in [3.05, 3.63) is 45.3 Å². The third kappa shape index (κ3) is 3.33. The van der Waals surface area contributed by atoms with E-state index in [0.29, 0.717) is 31.0 Å². The molecule has 2 fully saturated rings. The second-order valence-electron chi connectivity index (χ2n) is 7.08. The number of aromatic nitrogens is 1. The number of halogens is 2. The maximum Gasteiger partial charge on any atom is 0.348 e. The molecule has 27 heavy (non-hydrogen) atoms. The van der Waals surface area contributed by atoms with Crippen LogP contribution in [0.25, 0.3) is 0 Å². The van der Waals surface area contributed by atoms with Crippen molar-refractivity contribution >= 4 is 23.1 Å². The fourth-order valence-electron chi connectivity index (χ4n) is 3.83. The second-order valence-corrected chi connectivity index (χ2v) is 8.25. The lowest BCUT2D eigenvalue weighted by Gasteiger charge is -2.22. The Morgan fingerprint density at radius 3 is 2.67 bits per heavy atom. The van der Waals surface area contributed by atoms with Gasteiger partial charge in [0.2, 0.25) is 0 Å². The van der Waals surface area contributed by atoms with Crippen LogP contribution in [-0.4, -0.2) is 36.6 Å². The number of rotatable bonds is 6. The summed E-state index contributed by atoms with van der Waals surface area (Å²) >= 11 is 1.43. The van der Waals surface area contributed by atoms with Gasteiger partial charge >= 0.3 is 5.97 Å². The summed E-state index contributed by atoms with van der Waals surface area (Å²) < 4.78 is 31.9. The molecule has 0 spiro atoms. The zero-order valence-electron chi connectivity index (χ0n) is 15.4. The number of carbonyl (C=O) groups is 1. The number of esters is 1. The van der Waals surface area contributed by atoms with Crippen molar-refractivity contribution in [3.8, 4) is 0 Å². The summed E-state index contributed by atoms with van der Waals surface area (Å²) in [6, 6.07) is 7.70. The molecule has 0 amide bonds. The minimum Gasteiger partial charge on any atom is -0.462 e. The van der Waals surface area contributed by atoms with E-state index in [9.17, 15) is 13.6 Å². The van der Waals surface area contributed by atoms with Crippen molar-refractivity contribution in [1.82, 2.24) is 4.98 Å². The molecule has 2 atom stereocenters. The van der Waals surface area contributed by atoms with E-state index in [-0.39, 0.29) is 5.97 Å². The molecule has 1 aliphatic heterocycles. The van der Waals surface area contributed by atoms with Crippen molar-refractivity contribution in [2.75, 3.05) is 24.6 Å². The largest absolute Gasteiger partial charge is 0.462 e. The number of anilines is 1. The van der Waals surface area contributed by atoms with Crippen molar-refractivity contribution in [2.24, 2.45) is 11.8 Å². The van der Waals surface area contributed by atoms with E-state index in [2.05, 4.69) is 0 Å². The van der Waals surface area contributed by atoms with E-state index in [1.165, 1.54) is 11.3 Å². The third-order valence-corrected chi connectivity index (χ3v) is 6.48. The molecule has 2 unspecified atom stereocenters. The van der Waals surface area contributed by atoms with Crippen LogP contribution in [0.1, 0.15) is 39.7 Å². The molecule has 7 heteroatoms. The van der Waals surface area contributed by atoms with Gasteiger partial charge in [-0.25, -0.2) is 18.6 Å². The number of fused-ring (bicyclic) bond motifs is 1. The topological polar surface area (TPSA) is 42.4 Å². The van der Waals surface area contributed by atoms with Crippen molar-refractivity contribution < 1.29 is 18.3 Å². The molecular formula is C20H22F2N2O2S. The number of piperidine rings is 1. The second kappa shape index (κ2) is 6.86. The Morgan fingerprint density at radius 2 is 2.00 bits per heavy atom. The number of hydrogen-bond donors (Lipinski definition) is 0. The molecule has 0 radical (unpaired) electrons. The van der Waals surface area contributed by atoms with E-state index in [0.717, 1.165) is 28.4 Å². The lowest BCUT2D eigenvalue weighted by atomic mass is 10.1. The molecule has 2 aromatic rings. The van der Waals surface area contributed by atoms with Gasteiger partial charge in [0.1, 0.15) is 10.7 Å². The SMILES string of the molecule is CCOC(=O)c1ccc(Cc2ccc(N3CC4C(C3)C4(F)F)nc2CC)s1. The minimum atomic E-state index is -2.47. The van der Waals surface area contributed by atoms with Gasteiger partial charge in [-0.05, 0) is 37.1 Å². The van der Waals surface area contributed by atoms with Crippen LogP contribution in [0.15, 0.2) is 24.3 Å². The van der Waals surface area contributed by atoms with Crippen LogP contribution in [0.3, 0.4) is 0 Å². The molecule has 1 saturated carbocycles. The maximum absolute atomic E-state index is 13.4. The van der Waals surface area contributed by atoms with Crippen molar-refractivity contribution in [3.63, 3.8) is 0 Å². The first-order valence-electron chi connectivity index (χ1n) is 9.31. The average Bonchev–Trinajstić information content (AvgIpc) is 3.11. The van der Waals surface area contributed by atoms with E-state index < -0.39 is 17.8 Å². The predicted octanol–water partition coefficient (Wildman–Crippen LogP) is 4.17. The van der Waals surface area contributed by atoms with Gasteiger partial charge in [-0.15, -0.1) is 11.3 Å². The quantitative estimate of drug-likeness (QED) is 0.692. The number of ether oxygens (including phenoxy) is 1. The van der Waals surface area contributed by atoms with Gasteiger partial charge in [-0.3, -0.25) is 0 Å². The summed E-state index contributed by atoms with van der Waals surface area (Å²) in [5.41, 5.74) is 2.08. The highest BCUT2D eigenvalue weighted by Crippen LogP contribution is 2.59. The van der Waals surface area contributed by atoms with E-state index in [1.807, 2.05) is 30.0 Å². The fraction of sp³-hybridized carbons (Fsp3) is 0.500. The summed E-state index contributed by atoms with van der Waals surface area (Å²) in [5.74, 6) is -2.98. The normalized spacial score (nSPS) is 22.6. The van der Waals surface area contributed by atoms with Crippen molar-refractivity contribution in [2.45, 2.75) is 32.6 Å². The first-order valence-corrected chi connectivity index (χ1v) is 10.1. The van der Waals surface area contributed by atoms with E-state index in [4.69, 9.17) is 9.72 Å². The predicted molar refractivity (Wildman–Crippen MR) is 101 cm³/mol. The van der Waals surface area contributed by atoms with Gasteiger partial charge in [-0.1, -0.05) is 13.0 Å². The summed E-state index contributed by atoms with van der Waals surface area (Å²) in [6.07, 6.45) is 1.47. The number of alkyl halides is 2. The molecule has 0 N–H and O–H groups in total. The Kier molecular flexibility index (Phi) is 4.66. The van der Waals surface area contributed by atoms with Gasteiger partial charge in [-0.2, -0.15) is 0 Å². The molecular weight excluding hydrogens is 370 g/mol. The fourth-order valence-corrected chi connectivity index (χ4v) is 4.75. The first kappa shape index (κ1) is 18.3. The Morgan fingerprint density at radius 1 is 1.26 bits per heavy atom. The highest BCUT2D eigenvalue weighted by molar-refractivity contribution is 7.13. The van der Waals surface area contributed by atoms with Gasteiger partial charge < -0.3 is 9.64 Å². The lowest BCUT2D eigenvalue weighted by molar-refractivity contribution is 0.0532. The summed E-state index contributed by atoms with van der Waals surface area (Å²) in [6.45, 7) is 4.98. The smallest absolute Gasteiger partial charge is 0.348 e. The average molecular weight is 392 g/mol. The van der Waals surface area contributed by atoms with E-state index >= 15 is 0 Å². The van der Waals surface area contributed by atoms with Crippen LogP contribution < -0.4 is 4.90 Å². The number of nitrogens with zero attached hydrogens (tertiary/aromatic N) is 2. The molecule has 0 aromatic carbocycles. The third-order valence-electron chi connectivity index (χ3n) is 5.42. The molecule has 2 aromatic heterocycles. The first-order chi connectivity index (χ1) is 12.9. The van der Waals surface area contributed by atoms with Crippen LogP contribution in [0, 0.1) is 11.8 Å². The minimum absolute atomic E-state index is 0.290. The number of hydrogen-bond acceptors (Lipinski definition) is 5. The molecule has 144 valence electrons. The molecule has 4 rings (SSSR count). The summed E-state index contributed by atoms with van der Waals surface area (Å²) in [5, 5.41) is 0. The Labute approximate surface area is 161 Å². The monoisotopic (exact) mass is 392 g/mol. The lowest BCUT2D eigenvalue weighted by Crippen LogP contribution is -2.28. The standard InChI is InChI=1S/C20H22F2N2O2S/c1-3-16-12(9-13-6-7-17(27-13)19(25)26-4-2)5-8-18(23-16)24-10-14-15(11-24)20(14,21)22/h5-8,14-15H,3-4,9-11H2,1-2H3. The molecule has 2 aliphatic rings. The highest BCUT2D eigenvalue weighted by atomic mass is 32.1. The molecule has 0 bridgehead atoms. The number of thiophene rings is 1. The Bertz CT molecular complexity index is 853. The molecule has 4 nitrogen and oxygen atoms in total. The van der Waals surface area contributed by atoms with Crippen LogP contribution in [0.2, 0.25) is 0 Å². The van der Waals surface area contributed by atoms with Crippen LogP contribution in [0.5, 0.6) is 0 Å². The van der Waals surface area contributed by atoms with E-state index in [1.54, 1.807) is 13.0 Å². The number of aryl methyl sites for hydroxylation is 1. The van der Waals surface area contributed by atoms with Crippen LogP contribution in [-0.2, 0) is 17.6 Å². The van der Waals surface area contributed by atoms with Gasteiger partial charge in [0.25, 0.3) is 5.92 Å². The Hall–Kier alpha value is -2.02. The maximum atomic E-state index is 13.4. The summed E-state index contributed by atoms with van der Waals surface area (Å²) in [4.78, 5) is 20.2.